The number of amides is 2. The van der Waals surface area contributed by atoms with Crippen LogP contribution in [0.3, 0.4) is 0 Å². The van der Waals surface area contributed by atoms with Gasteiger partial charge in [-0.3, -0.25) is 9.59 Å². The number of likely N-dealkylation sites (N-methyl/N-ethyl adjacent to an activating group) is 1. The maximum Gasteiger partial charge on any atom is 0.252 e. The lowest BCUT2D eigenvalue weighted by Crippen LogP contribution is -2.36. The Morgan fingerprint density at radius 2 is 1.96 bits per heavy atom. The summed E-state index contributed by atoms with van der Waals surface area (Å²) in [5.41, 5.74) is 2.03. The fourth-order valence-electron chi connectivity index (χ4n) is 2.43. The molecular weight excluding hydrogens is 322 g/mol. The Bertz CT molecular complexity index is 875. The van der Waals surface area contributed by atoms with Gasteiger partial charge in [-0.05, 0) is 30.5 Å². The number of carbonyl (C=O) groups excluding carboxylic acids is 2. The fraction of sp³-hybridized carbons (Fsp3) is 0.167. The third-order valence-corrected chi connectivity index (χ3v) is 4.41. The van der Waals surface area contributed by atoms with Crippen molar-refractivity contribution >= 4 is 34.1 Å². The zero-order valence-corrected chi connectivity index (χ0v) is 14.0. The van der Waals surface area contributed by atoms with E-state index in [1.807, 2.05) is 48.7 Å². The first-order valence-electron chi connectivity index (χ1n) is 7.67. The van der Waals surface area contributed by atoms with Crippen LogP contribution in [0.2, 0.25) is 0 Å². The number of hydrogen-bond acceptors (Lipinski definition) is 4. The summed E-state index contributed by atoms with van der Waals surface area (Å²) in [5, 5.41) is 8.07. The predicted molar refractivity (Wildman–Crippen MR) is 96.1 cm³/mol. The van der Waals surface area contributed by atoms with E-state index in [1.165, 1.54) is 0 Å². The van der Waals surface area contributed by atoms with Crippen LogP contribution >= 0.6 is 11.3 Å². The quantitative estimate of drug-likeness (QED) is 0.751. The third-order valence-electron chi connectivity index (χ3n) is 3.52. The number of rotatable bonds is 5. The van der Waals surface area contributed by atoms with E-state index in [0.29, 0.717) is 12.1 Å². The number of aromatic nitrogens is 1. The number of nitrogens with zero attached hydrogens (tertiary/aromatic N) is 1. The first-order valence-corrected chi connectivity index (χ1v) is 8.55. The molecule has 0 atom stereocenters. The summed E-state index contributed by atoms with van der Waals surface area (Å²) in [4.78, 5) is 29.8. The van der Waals surface area contributed by atoms with Gasteiger partial charge in [0.05, 0.1) is 28.2 Å². The number of pyridine rings is 1. The maximum absolute atomic E-state index is 12.6. The number of para-hydroxylation sites is 1. The Labute approximate surface area is 143 Å². The summed E-state index contributed by atoms with van der Waals surface area (Å²) in [5.74, 6) is -0.486. The second kappa shape index (κ2) is 7.23. The zero-order chi connectivity index (χ0) is 16.9. The lowest BCUT2D eigenvalue weighted by molar-refractivity contribution is -0.120. The van der Waals surface area contributed by atoms with Crippen molar-refractivity contribution in [3.8, 4) is 10.6 Å². The van der Waals surface area contributed by atoms with Crippen LogP contribution in [0.4, 0.5) is 0 Å². The van der Waals surface area contributed by atoms with Crippen molar-refractivity contribution in [1.29, 1.82) is 0 Å². The van der Waals surface area contributed by atoms with Crippen molar-refractivity contribution in [3.63, 3.8) is 0 Å². The number of hydrogen-bond donors (Lipinski definition) is 2. The molecule has 24 heavy (non-hydrogen) atoms. The highest BCUT2D eigenvalue weighted by atomic mass is 32.1. The minimum atomic E-state index is -0.280. The molecule has 0 unspecified atom stereocenters. The van der Waals surface area contributed by atoms with Crippen molar-refractivity contribution in [2.24, 2.45) is 0 Å². The maximum atomic E-state index is 12.6. The molecule has 1 aromatic carbocycles. The van der Waals surface area contributed by atoms with E-state index in [0.717, 1.165) is 21.5 Å². The molecule has 0 aliphatic carbocycles. The average Bonchev–Trinajstić information content (AvgIpc) is 3.13. The molecule has 2 N–H and O–H groups in total. The minimum Gasteiger partial charge on any atom is -0.355 e. The standard InChI is InChI=1S/C18H17N3O2S/c1-2-19-17(22)11-20-18(23)13-10-15(16-8-5-9-24-16)21-14-7-4-3-6-12(13)14/h3-10H,2,11H2,1H3,(H,19,22)(H,20,23). The molecule has 0 saturated carbocycles. The van der Waals surface area contributed by atoms with Gasteiger partial charge in [0, 0.05) is 11.9 Å². The molecule has 2 heterocycles. The Balaban J connectivity index is 1.96. The monoisotopic (exact) mass is 339 g/mol. The number of fused-ring (bicyclic) bond motifs is 1. The zero-order valence-electron chi connectivity index (χ0n) is 13.2. The van der Waals surface area contributed by atoms with Gasteiger partial charge in [0.2, 0.25) is 5.91 Å². The van der Waals surface area contributed by atoms with E-state index < -0.39 is 0 Å². The van der Waals surface area contributed by atoms with Crippen LogP contribution in [0.25, 0.3) is 21.5 Å². The number of nitrogens with one attached hydrogen (secondary N) is 2. The molecule has 0 aliphatic rings. The highest BCUT2D eigenvalue weighted by Gasteiger charge is 2.15. The number of carbonyl (C=O) groups is 2. The summed E-state index contributed by atoms with van der Waals surface area (Å²) < 4.78 is 0. The van der Waals surface area contributed by atoms with Crippen molar-refractivity contribution in [3.05, 3.63) is 53.4 Å². The Morgan fingerprint density at radius 3 is 2.71 bits per heavy atom. The van der Waals surface area contributed by atoms with E-state index in [2.05, 4.69) is 15.6 Å². The summed E-state index contributed by atoms with van der Waals surface area (Å²) in [6.07, 6.45) is 0. The summed E-state index contributed by atoms with van der Waals surface area (Å²) >= 11 is 1.57. The summed E-state index contributed by atoms with van der Waals surface area (Å²) in [6.45, 7) is 2.33. The van der Waals surface area contributed by atoms with Gasteiger partial charge in [0.1, 0.15) is 0 Å². The first-order chi connectivity index (χ1) is 11.7. The molecule has 0 spiro atoms. The van der Waals surface area contributed by atoms with Crippen molar-refractivity contribution in [1.82, 2.24) is 15.6 Å². The molecule has 0 fully saturated rings. The molecule has 6 heteroatoms. The van der Waals surface area contributed by atoms with E-state index in [-0.39, 0.29) is 18.4 Å². The third kappa shape index (κ3) is 3.44. The topological polar surface area (TPSA) is 71.1 Å². The van der Waals surface area contributed by atoms with Crippen LogP contribution in [0, 0.1) is 0 Å². The molecule has 0 radical (unpaired) electrons. The summed E-state index contributed by atoms with van der Waals surface area (Å²) in [7, 11) is 0. The summed E-state index contributed by atoms with van der Waals surface area (Å²) in [6, 6.07) is 13.2. The predicted octanol–water partition coefficient (Wildman–Crippen LogP) is 2.83. The molecule has 5 nitrogen and oxygen atoms in total. The van der Waals surface area contributed by atoms with Gasteiger partial charge < -0.3 is 10.6 Å². The van der Waals surface area contributed by atoms with E-state index >= 15 is 0 Å². The number of thiophene rings is 1. The van der Waals surface area contributed by atoms with Gasteiger partial charge in [-0.2, -0.15) is 0 Å². The SMILES string of the molecule is CCNC(=O)CNC(=O)c1cc(-c2cccs2)nc2ccccc12. The van der Waals surface area contributed by atoms with E-state index in [4.69, 9.17) is 0 Å². The normalized spacial score (nSPS) is 10.5. The van der Waals surface area contributed by atoms with Crippen LogP contribution in [0.5, 0.6) is 0 Å². The lowest BCUT2D eigenvalue weighted by Gasteiger charge is -2.10. The minimum absolute atomic E-state index is 0.0440. The average molecular weight is 339 g/mol. The van der Waals surface area contributed by atoms with Gasteiger partial charge in [-0.15, -0.1) is 11.3 Å². The van der Waals surface area contributed by atoms with Gasteiger partial charge in [0.15, 0.2) is 0 Å². The number of benzene rings is 1. The molecule has 2 amide bonds. The molecular formula is C18H17N3O2S. The Kier molecular flexibility index (Phi) is 4.86. The van der Waals surface area contributed by atoms with Gasteiger partial charge in [-0.25, -0.2) is 4.98 Å². The van der Waals surface area contributed by atoms with Crippen LogP contribution in [0.1, 0.15) is 17.3 Å². The molecule has 0 aliphatic heterocycles. The highest BCUT2D eigenvalue weighted by molar-refractivity contribution is 7.13. The second-order valence-electron chi connectivity index (χ2n) is 5.19. The molecule has 122 valence electrons. The van der Waals surface area contributed by atoms with Crippen molar-refractivity contribution in [2.75, 3.05) is 13.1 Å². The van der Waals surface area contributed by atoms with Crippen molar-refractivity contribution < 1.29 is 9.59 Å². The molecule has 0 saturated heterocycles. The van der Waals surface area contributed by atoms with Crippen LogP contribution < -0.4 is 10.6 Å². The van der Waals surface area contributed by atoms with E-state index in [1.54, 1.807) is 17.4 Å². The van der Waals surface area contributed by atoms with Crippen LogP contribution in [0.15, 0.2) is 47.8 Å². The van der Waals surface area contributed by atoms with Gasteiger partial charge >= 0.3 is 0 Å². The second-order valence-corrected chi connectivity index (χ2v) is 6.13. The highest BCUT2D eigenvalue weighted by Crippen LogP contribution is 2.27. The molecule has 0 bridgehead atoms. The Morgan fingerprint density at radius 1 is 1.12 bits per heavy atom. The fourth-order valence-corrected chi connectivity index (χ4v) is 3.12. The first kappa shape index (κ1) is 16.1. The van der Waals surface area contributed by atoms with Crippen LogP contribution in [-0.2, 0) is 4.79 Å². The molecule has 3 rings (SSSR count). The smallest absolute Gasteiger partial charge is 0.252 e. The Hall–Kier alpha value is -2.73. The van der Waals surface area contributed by atoms with Gasteiger partial charge in [0.25, 0.3) is 5.91 Å². The van der Waals surface area contributed by atoms with E-state index in [9.17, 15) is 9.59 Å². The molecule has 2 aromatic heterocycles. The largest absolute Gasteiger partial charge is 0.355 e. The van der Waals surface area contributed by atoms with Crippen LogP contribution in [-0.4, -0.2) is 29.9 Å². The van der Waals surface area contributed by atoms with Gasteiger partial charge in [-0.1, -0.05) is 24.3 Å². The van der Waals surface area contributed by atoms with Crippen molar-refractivity contribution in [2.45, 2.75) is 6.92 Å². The lowest BCUT2D eigenvalue weighted by atomic mass is 10.1. The molecule has 3 aromatic rings.